The number of amides is 1. The van der Waals surface area contributed by atoms with Crippen LogP contribution in [0.1, 0.15) is 29.8 Å². The minimum absolute atomic E-state index is 0.122. The number of nitrogens with zero attached hydrogens (tertiary/aromatic N) is 1. The maximum Gasteiger partial charge on any atom is 0.340 e. The smallest absolute Gasteiger partial charge is 0.340 e. The first-order valence-corrected chi connectivity index (χ1v) is 6.24. The summed E-state index contributed by atoms with van der Waals surface area (Å²) in [7, 11) is 1.16. The number of ether oxygens (including phenoxy) is 1. The lowest BCUT2D eigenvalue weighted by Gasteiger charge is -2.17. The van der Waals surface area contributed by atoms with Gasteiger partial charge in [0.25, 0.3) is 0 Å². The summed E-state index contributed by atoms with van der Waals surface area (Å²) in [5.74, 6) is -1.73. The van der Waals surface area contributed by atoms with Gasteiger partial charge in [-0.25, -0.2) is 9.18 Å². The number of esters is 1. The van der Waals surface area contributed by atoms with Crippen LogP contribution in [-0.4, -0.2) is 23.9 Å². The van der Waals surface area contributed by atoms with Crippen LogP contribution in [0.15, 0.2) is 24.4 Å². The van der Waals surface area contributed by atoms with Crippen molar-refractivity contribution in [1.82, 2.24) is 4.90 Å². The largest absolute Gasteiger partial charge is 0.465 e. The van der Waals surface area contributed by atoms with Gasteiger partial charge in [-0.2, -0.15) is 0 Å². The normalized spacial score (nSPS) is 10.7. The quantitative estimate of drug-likeness (QED) is 0.802. The standard InChI is InChI=1S/C14H15ClFNO3/c1-4-5-17(9(2)18)8-10-6-13(16)11(7-12(10)15)14(19)20-3/h4-7H,8H2,1-3H3. The second-order valence-electron chi connectivity index (χ2n) is 4.04. The van der Waals surface area contributed by atoms with Gasteiger partial charge >= 0.3 is 5.97 Å². The molecule has 0 spiro atoms. The molecule has 1 aromatic carbocycles. The van der Waals surface area contributed by atoms with Gasteiger partial charge in [0.15, 0.2) is 0 Å². The molecule has 1 amide bonds. The molecular formula is C14H15ClFNO3. The third-order valence-electron chi connectivity index (χ3n) is 2.62. The highest BCUT2D eigenvalue weighted by Crippen LogP contribution is 2.23. The van der Waals surface area contributed by atoms with Gasteiger partial charge in [0.1, 0.15) is 5.82 Å². The lowest BCUT2D eigenvalue weighted by atomic mass is 10.1. The number of carbonyl (C=O) groups is 2. The van der Waals surface area contributed by atoms with Crippen molar-refractivity contribution in [3.63, 3.8) is 0 Å². The van der Waals surface area contributed by atoms with Gasteiger partial charge in [-0.1, -0.05) is 17.7 Å². The zero-order valence-electron chi connectivity index (χ0n) is 11.4. The Morgan fingerprint density at radius 2 is 2.10 bits per heavy atom. The van der Waals surface area contributed by atoms with Crippen molar-refractivity contribution in [3.8, 4) is 0 Å². The van der Waals surface area contributed by atoms with Crippen LogP contribution in [0.5, 0.6) is 0 Å². The highest BCUT2D eigenvalue weighted by molar-refractivity contribution is 6.31. The monoisotopic (exact) mass is 299 g/mol. The Morgan fingerprint density at radius 1 is 1.45 bits per heavy atom. The topological polar surface area (TPSA) is 46.6 Å². The maximum absolute atomic E-state index is 13.8. The molecule has 0 aromatic heterocycles. The molecule has 1 aromatic rings. The van der Waals surface area contributed by atoms with Crippen molar-refractivity contribution in [2.75, 3.05) is 7.11 Å². The second kappa shape index (κ2) is 7.05. The third kappa shape index (κ3) is 3.81. The average molecular weight is 300 g/mol. The fraction of sp³-hybridized carbons (Fsp3) is 0.286. The molecule has 0 saturated carbocycles. The SMILES string of the molecule is CC=CN(Cc1cc(F)c(C(=O)OC)cc1Cl)C(C)=O. The summed E-state index contributed by atoms with van der Waals surface area (Å²) in [5.41, 5.74) is 0.173. The predicted molar refractivity (Wildman–Crippen MR) is 73.8 cm³/mol. The van der Waals surface area contributed by atoms with Crippen LogP contribution in [0, 0.1) is 5.82 Å². The Kier molecular flexibility index (Phi) is 5.70. The van der Waals surface area contributed by atoms with Crippen molar-refractivity contribution in [2.45, 2.75) is 20.4 Å². The summed E-state index contributed by atoms with van der Waals surface area (Å²) < 4.78 is 18.3. The fourth-order valence-corrected chi connectivity index (χ4v) is 1.83. The number of methoxy groups -OCH3 is 1. The molecule has 0 aliphatic heterocycles. The van der Waals surface area contributed by atoms with E-state index in [0.717, 1.165) is 13.2 Å². The number of allylic oxidation sites excluding steroid dienone is 1. The number of hydrogen-bond donors (Lipinski definition) is 0. The molecule has 20 heavy (non-hydrogen) atoms. The van der Waals surface area contributed by atoms with E-state index in [1.54, 1.807) is 19.2 Å². The molecule has 4 nitrogen and oxygen atoms in total. The van der Waals surface area contributed by atoms with E-state index in [4.69, 9.17) is 11.6 Å². The molecule has 0 fully saturated rings. The molecule has 108 valence electrons. The minimum atomic E-state index is -0.798. The molecule has 0 heterocycles. The van der Waals surface area contributed by atoms with Crippen LogP contribution in [-0.2, 0) is 16.1 Å². The Bertz CT molecular complexity index is 558. The second-order valence-corrected chi connectivity index (χ2v) is 4.45. The number of halogens is 2. The first kappa shape index (κ1) is 16.2. The minimum Gasteiger partial charge on any atom is -0.465 e. The van der Waals surface area contributed by atoms with Crippen LogP contribution in [0.2, 0.25) is 5.02 Å². The van der Waals surface area contributed by atoms with Crippen LogP contribution in [0.4, 0.5) is 4.39 Å². The Labute approximate surface area is 121 Å². The van der Waals surface area contributed by atoms with Crippen LogP contribution >= 0.6 is 11.6 Å². The number of benzene rings is 1. The van der Waals surface area contributed by atoms with Gasteiger partial charge in [-0.15, -0.1) is 0 Å². The Morgan fingerprint density at radius 3 is 2.60 bits per heavy atom. The van der Waals surface area contributed by atoms with Crippen molar-refractivity contribution in [2.24, 2.45) is 0 Å². The summed E-state index contributed by atoms with van der Waals surface area (Å²) in [6, 6.07) is 2.33. The first-order chi connectivity index (χ1) is 9.40. The molecule has 0 atom stereocenters. The molecule has 0 N–H and O–H groups in total. The van der Waals surface area contributed by atoms with Gasteiger partial charge in [0, 0.05) is 18.1 Å². The van der Waals surface area contributed by atoms with Gasteiger partial charge < -0.3 is 9.64 Å². The van der Waals surface area contributed by atoms with E-state index >= 15 is 0 Å². The van der Waals surface area contributed by atoms with E-state index in [9.17, 15) is 14.0 Å². The molecule has 0 aliphatic carbocycles. The lowest BCUT2D eigenvalue weighted by molar-refractivity contribution is -0.126. The molecule has 0 radical (unpaired) electrons. The van der Waals surface area contributed by atoms with Gasteiger partial charge in [-0.05, 0) is 24.6 Å². The molecule has 0 saturated heterocycles. The molecule has 0 bridgehead atoms. The Balaban J connectivity index is 3.12. The highest BCUT2D eigenvalue weighted by atomic mass is 35.5. The van der Waals surface area contributed by atoms with Gasteiger partial charge in [0.2, 0.25) is 5.91 Å². The van der Waals surface area contributed by atoms with Crippen LogP contribution < -0.4 is 0 Å². The molecule has 6 heteroatoms. The van der Waals surface area contributed by atoms with E-state index in [0.29, 0.717) is 5.56 Å². The van der Waals surface area contributed by atoms with Gasteiger partial charge in [-0.3, -0.25) is 4.79 Å². The van der Waals surface area contributed by atoms with E-state index < -0.39 is 11.8 Å². The predicted octanol–water partition coefficient (Wildman–Crippen LogP) is 3.15. The lowest BCUT2D eigenvalue weighted by Crippen LogP contribution is -2.22. The van der Waals surface area contributed by atoms with Crippen LogP contribution in [0.25, 0.3) is 0 Å². The zero-order chi connectivity index (χ0) is 15.3. The van der Waals surface area contributed by atoms with Crippen molar-refractivity contribution >= 4 is 23.5 Å². The van der Waals surface area contributed by atoms with E-state index in [1.165, 1.54) is 17.9 Å². The summed E-state index contributed by atoms with van der Waals surface area (Å²) in [5, 5.41) is 0.197. The number of carbonyl (C=O) groups excluding carboxylic acids is 2. The van der Waals surface area contributed by atoms with E-state index in [2.05, 4.69) is 4.74 Å². The molecule has 0 unspecified atom stereocenters. The van der Waals surface area contributed by atoms with E-state index in [1.807, 2.05) is 0 Å². The average Bonchev–Trinajstić information content (AvgIpc) is 2.40. The summed E-state index contributed by atoms with van der Waals surface area (Å²) in [6.07, 6.45) is 3.26. The first-order valence-electron chi connectivity index (χ1n) is 5.87. The number of hydrogen-bond acceptors (Lipinski definition) is 3. The number of rotatable bonds is 4. The molecular weight excluding hydrogens is 285 g/mol. The maximum atomic E-state index is 13.8. The third-order valence-corrected chi connectivity index (χ3v) is 2.97. The van der Waals surface area contributed by atoms with Crippen molar-refractivity contribution < 1.29 is 18.7 Å². The van der Waals surface area contributed by atoms with Crippen LogP contribution in [0.3, 0.4) is 0 Å². The van der Waals surface area contributed by atoms with E-state index in [-0.39, 0.29) is 23.0 Å². The zero-order valence-corrected chi connectivity index (χ0v) is 12.2. The van der Waals surface area contributed by atoms with Crippen molar-refractivity contribution in [1.29, 1.82) is 0 Å². The Hall–Kier alpha value is -1.88. The molecule has 1 rings (SSSR count). The summed E-state index contributed by atoms with van der Waals surface area (Å²) in [6.45, 7) is 3.28. The summed E-state index contributed by atoms with van der Waals surface area (Å²) in [4.78, 5) is 24.1. The van der Waals surface area contributed by atoms with Crippen molar-refractivity contribution in [3.05, 3.63) is 46.4 Å². The highest BCUT2D eigenvalue weighted by Gasteiger charge is 2.17. The fourth-order valence-electron chi connectivity index (χ4n) is 1.61. The molecule has 0 aliphatic rings. The van der Waals surface area contributed by atoms with Gasteiger partial charge in [0.05, 0.1) is 19.2 Å². The summed E-state index contributed by atoms with van der Waals surface area (Å²) >= 11 is 6.01.